The zero-order chi connectivity index (χ0) is 18.9. The molecular weight excluding hydrogens is 338 g/mol. The minimum Gasteiger partial charge on any atom is -0.356 e. The number of hydrogen-bond donors (Lipinski definition) is 2. The van der Waals surface area contributed by atoms with Gasteiger partial charge in [-0.1, -0.05) is 0 Å². The van der Waals surface area contributed by atoms with E-state index >= 15 is 0 Å². The summed E-state index contributed by atoms with van der Waals surface area (Å²) in [6, 6.07) is 1.12. The molecule has 0 aromatic carbocycles. The van der Waals surface area contributed by atoms with Crippen LogP contribution < -0.4 is 10.6 Å². The van der Waals surface area contributed by atoms with E-state index in [0.29, 0.717) is 25.2 Å². The Morgan fingerprint density at radius 1 is 1.08 bits per heavy atom. The number of hydrogen-bond acceptors (Lipinski definition) is 5. The average Bonchev–Trinajstić information content (AvgIpc) is 2.53. The van der Waals surface area contributed by atoms with Crippen LogP contribution >= 0.6 is 0 Å². The quantitative estimate of drug-likeness (QED) is 0.345. The number of guanidine groups is 1. The maximum absolute atomic E-state index is 11.4. The van der Waals surface area contributed by atoms with E-state index in [2.05, 4.69) is 53.1 Å². The van der Waals surface area contributed by atoms with E-state index in [1.54, 1.807) is 7.05 Å². The number of aliphatic imine (C=N–C) groups is 1. The van der Waals surface area contributed by atoms with Gasteiger partial charge in [0.1, 0.15) is 0 Å². The molecule has 0 unspecified atom stereocenters. The third-order valence-electron chi connectivity index (χ3n) is 4.59. The van der Waals surface area contributed by atoms with Crippen molar-refractivity contribution >= 4 is 15.8 Å². The number of nitrogens with zero attached hydrogens (tertiary/aromatic N) is 3. The first-order chi connectivity index (χ1) is 11.7. The highest BCUT2D eigenvalue weighted by Gasteiger charge is 2.20. The average molecular weight is 376 g/mol. The highest BCUT2D eigenvalue weighted by Crippen LogP contribution is 2.05. The lowest BCUT2D eigenvalue weighted by Gasteiger charge is -2.30. The van der Waals surface area contributed by atoms with Crippen molar-refractivity contribution in [3.63, 3.8) is 0 Å². The summed E-state index contributed by atoms with van der Waals surface area (Å²) in [5.41, 5.74) is 0. The standard InChI is InChI=1S/C17H37N5O2S/c1-15(2)22(16(3)4)9-6-7-19-17(18-5)20-8-10-21-11-13-25(23,24)14-12-21/h15-16H,6-14H2,1-5H3,(H2,18,19,20). The molecule has 0 atom stereocenters. The molecule has 7 nitrogen and oxygen atoms in total. The first-order valence-electron chi connectivity index (χ1n) is 9.38. The summed E-state index contributed by atoms with van der Waals surface area (Å²) < 4.78 is 22.9. The fourth-order valence-electron chi connectivity index (χ4n) is 3.11. The van der Waals surface area contributed by atoms with Gasteiger partial charge in [-0.2, -0.15) is 0 Å². The lowest BCUT2D eigenvalue weighted by molar-refractivity contribution is 0.173. The van der Waals surface area contributed by atoms with E-state index in [1.165, 1.54) is 0 Å². The van der Waals surface area contributed by atoms with Gasteiger partial charge in [-0.05, 0) is 34.1 Å². The van der Waals surface area contributed by atoms with Gasteiger partial charge in [0.15, 0.2) is 15.8 Å². The Balaban J connectivity index is 2.18. The molecule has 8 heteroatoms. The second kappa shape index (κ2) is 11.0. The van der Waals surface area contributed by atoms with E-state index in [0.717, 1.165) is 38.6 Å². The van der Waals surface area contributed by atoms with Gasteiger partial charge < -0.3 is 10.6 Å². The molecule has 0 saturated carbocycles. The molecule has 0 aromatic heterocycles. The third kappa shape index (κ3) is 8.87. The van der Waals surface area contributed by atoms with Crippen molar-refractivity contribution in [1.82, 2.24) is 20.4 Å². The monoisotopic (exact) mass is 375 g/mol. The van der Waals surface area contributed by atoms with E-state index in [-0.39, 0.29) is 11.5 Å². The van der Waals surface area contributed by atoms with Crippen molar-refractivity contribution in [2.24, 2.45) is 4.99 Å². The first kappa shape index (κ1) is 22.2. The predicted molar refractivity (Wildman–Crippen MR) is 106 cm³/mol. The topological polar surface area (TPSA) is 77.0 Å². The highest BCUT2D eigenvalue weighted by atomic mass is 32.2. The van der Waals surface area contributed by atoms with Crippen LogP contribution in [0.5, 0.6) is 0 Å². The normalized spacial score (nSPS) is 19.0. The molecule has 1 saturated heterocycles. The van der Waals surface area contributed by atoms with Crippen molar-refractivity contribution < 1.29 is 8.42 Å². The number of nitrogens with one attached hydrogen (secondary N) is 2. The van der Waals surface area contributed by atoms with Crippen LogP contribution in [-0.2, 0) is 9.84 Å². The smallest absolute Gasteiger partial charge is 0.191 e. The maximum atomic E-state index is 11.4. The molecule has 1 aliphatic rings. The van der Waals surface area contributed by atoms with Gasteiger partial charge in [0.2, 0.25) is 0 Å². The second-order valence-electron chi connectivity index (χ2n) is 7.20. The molecule has 0 aromatic rings. The van der Waals surface area contributed by atoms with Crippen molar-refractivity contribution in [1.29, 1.82) is 0 Å². The van der Waals surface area contributed by atoms with Crippen LogP contribution in [0.25, 0.3) is 0 Å². The molecular formula is C17H37N5O2S. The number of sulfone groups is 1. The van der Waals surface area contributed by atoms with Gasteiger partial charge in [-0.3, -0.25) is 14.8 Å². The molecule has 148 valence electrons. The zero-order valence-electron chi connectivity index (χ0n) is 16.6. The molecule has 2 N–H and O–H groups in total. The minimum absolute atomic E-state index is 0.280. The Bertz CT molecular complexity index is 483. The van der Waals surface area contributed by atoms with Gasteiger partial charge in [-0.25, -0.2) is 8.42 Å². The molecule has 25 heavy (non-hydrogen) atoms. The Morgan fingerprint density at radius 2 is 1.64 bits per heavy atom. The molecule has 1 rings (SSSR count). The van der Waals surface area contributed by atoms with Crippen LogP contribution in [0.1, 0.15) is 34.1 Å². The van der Waals surface area contributed by atoms with Crippen molar-refractivity contribution in [3.05, 3.63) is 0 Å². The van der Waals surface area contributed by atoms with Crippen LogP contribution in [0.3, 0.4) is 0 Å². The van der Waals surface area contributed by atoms with Crippen LogP contribution in [0.4, 0.5) is 0 Å². The largest absolute Gasteiger partial charge is 0.356 e. The highest BCUT2D eigenvalue weighted by molar-refractivity contribution is 7.91. The van der Waals surface area contributed by atoms with Crippen molar-refractivity contribution in [2.45, 2.75) is 46.2 Å². The van der Waals surface area contributed by atoms with Gasteiger partial charge in [-0.15, -0.1) is 0 Å². The summed E-state index contributed by atoms with van der Waals surface area (Å²) >= 11 is 0. The second-order valence-corrected chi connectivity index (χ2v) is 9.50. The molecule has 1 fully saturated rings. The molecule has 1 heterocycles. The van der Waals surface area contributed by atoms with Crippen LogP contribution in [0, 0.1) is 0 Å². The summed E-state index contributed by atoms with van der Waals surface area (Å²) in [7, 11) is -1.02. The summed E-state index contributed by atoms with van der Waals surface area (Å²) in [4.78, 5) is 8.92. The van der Waals surface area contributed by atoms with Crippen LogP contribution in [0.2, 0.25) is 0 Å². The van der Waals surface area contributed by atoms with Gasteiger partial charge in [0, 0.05) is 58.4 Å². The molecule has 0 aliphatic carbocycles. The van der Waals surface area contributed by atoms with E-state index < -0.39 is 9.84 Å². The third-order valence-corrected chi connectivity index (χ3v) is 6.20. The molecule has 0 amide bonds. The van der Waals surface area contributed by atoms with Crippen molar-refractivity contribution in [3.8, 4) is 0 Å². The molecule has 1 aliphatic heterocycles. The Labute approximate surface area is 154 Å². The fourth-order valence-corrected chi connectivity index (χ4v) is 4.38. The van der Waals surface area contributed by atoms with Crippen molar-refractivity contribution in [2.75, 3.05) is 57.8 Å². The molecule has 0 radical (unpaired) electrons. The fraction of sp³-hybridized carbons (Fsp3) is 0.941. The summed E-state index contributed by atoms with van der Waals surface area (Å²) in [6.45, 7) is 13.8. The van der Waals surface area contributed by atoms with E-state index in [4.69, 9.17) is 0 Å². The predicted octanol–water partition coefficient (Wildman–Crippen LogP) is 0.391. The Hall–Kier alpha value is -0.860. The van der Waals surface area contributed by atoms with Crippen LogP contribution in [0.15, 0.2) is 4.99 Å². The Morgan fingerprint density at radius 3 is 2.16 bits per heavy atom. The SMILES string of the molecule is CN=C(NCCCN(C(C)C)C(C)C)NCCN1CCS(=O)(=O)CC1. The first-order valence-corrected chi connectivity index (χ1v) is 11.2. The minimum atomic E-state index is -2.80. The Kier molecular flexibility index (Phi) is 9.74. The summed E-state index contributed by atoms with van der Waals surface area (Å²) in [5.74, 6) is 1.37. The zero-order valence-corrected chi connectivity index (χ0v) is 17.4. The maximum Gasteiger partial charge on any atom is 0.191 e. The molecule has 0 spiro atoms. The van der Waals surface area contributed by atoms with Gasteiger partial charge >= 0.3 is 0 Å². The lowest BCUT2D eigenvalue weighted by Crippen LogP contribution is -2.46. The summed E-state index contributed by atoms with van der Waals surface area (Å²) in [6.07, 6.45) is 1.07. The molecule has 0 bridgehead atoms. The van der Waals surface area contributed by atoms with Crippen LogP contribution in [-0.4, -0.2) is 94.1 Å². The van der Waals surface area contributed by atoms with Gasteiger partial charge in [0.25, 0.3) is 0 Å². The number of rotatable bonds is 9. The van der Waals surface area contributed by atoms with Gasteiger partial charge in [0.05, 0.1) is 11.5 Å². The summed E-state index contributed by atoms with van der Waals surface area (Å²) in [5, 5.41) is 6.66. The lowest BCUT2D eigenvalue weighted by atomic mass is 10.2. The van der Waals surface area contributed by atoms with E-state index in [9.17, 15) is 8.42 Å². The van der Waals surface area contributed by atoms with E-state index in [1.807, 2.05) is 0 Å².